The minimum Gasteiger partial charge on any atom is -0.342 e. The van der Waals surface area contributed by atoms with Gasteiger partial charge in [0.05, 0.1) is 11.0 Å². The number of aromatic amines is 1. The highest BCUT2D eigenvalue weighted by molar-refractivity contribution is 5.75. The van der Waals surface area contributed by atoms with Crippen molar-refractivity contribution in [2.75, 3.05) is 0 Å². The van der Waals surface area contributed by atoms with Crippen LogP contribution in [0.5, 0.6) is 0 Å². The molecule has 0 fully saturated rings. The van der Waals surface area contributed by atoms with Crippen LogP contribution in [0.25, 0.3) is 11.0 Å². The predicted octanol–water partition coefficient (Wildman–Crippen LogP) is 5.13. The van der Waals surface area contributed by atoms with Crippen molar-refractivity contribution < 1.29 is 8.78 Å². The molecule has 1 aromatic carbocycles. The highest BCUT2D eigenvalue weighted by atomic mass is 19.2. The number of imidazole rings is 1. The maximum absolute atomic E-state index is 13.1. The minimum absolute atomic E-state index is 0.502. The molecule has 0 aliphatic carbocycles. The van der Waals surface area contributed by atoms with E-state index < -0.39 is 11.6 Å². The zero-order valence-electron chi connectivity index (χ0n) is 12.0. The van der Waals surface area contributed by atoms with Crippen LogP contribution in [0.15, 0.2) is 12.1 Å². The van der Waals surface area contributed by atoms with Gasteiger partial charge < -0.3 is 4.98 Å². The van der Waals surface area contributed by atoms with E-state index in [1.807, 2.05) is 0 Å². The van der Waals surface area contributed by atoms with Gasteiger partial charge in [-0.05, 0) is 6.42 Å². The Labute approximate surface area is 118 Å². The Bertz CT molecular complexity index is 510. The zero-order chi connectivity index (χ0) is 14.4. The van der Waals surface area contributed by atoms with Gasteiger partial charge in [-0.2, -0.15) is 0 Å². The number of halogens is 2. The minimum atomic E-state index is -0.841. The smallest absolute Gasteiger partial charge is 0.161 e. The normalized spacial score (nSPS) is 11.3. The average molecular weight is 280 g/mol. The van der Waals surface area contributed by atoms with Crippen molar-refractivity contribution >= 4 is 11.0 Å². The molecule has 0 aliphatic heterocycles. The summed E-state index contributed by atoms with van der Waals surface area (Å²) in [5, 5.41) is 0. The lowest BCUT2D eigenvalue weighted by Gasteiger charge is -1.99. The van der Waals surface area contributed by atoms with E-state index in [1.54, 1.807) is 0 Å². The van der Waals surface area contributed by atoms with Gasteiger partial charge in [-0.15, -0.1) is 0 Å². The van der Waals surface area contributed by atoms with Gasteiger partial charge in [-0.1, -0.05) is 45.4 Å². The number of aryl methyl sites for hydroxylation is 1. The third kappa shape index (κ3) is 4.02. The number of hydrogen-bond donors (Lipinski definition) is 1. The fourth-order valence-corrected chi connectivity index (χ4v) is 2.43. The van der Waals surface area contributed by atoms with Gasteiger partial charge in [0.25, 0.3) is 0 Å². The fraction of sp³-hybridized carbons (Fsp3) is 0.562. The van der Waals surface area contributed by atoms with Crippen molar-refractivity contribution in [3.8, 4) is 0 Å². The van der Waals surface area contributed by atoms with Crippen LogP contribution in [0.2, 0.25) is 0 Å². The molecule has 0 radical (unpaired) electrons. The van der Waals surface area contributed by atoms with Gasteiger partial charge in [-0.3, -0.25) is 0 Å². The van der Waals surface area contributed by atoms with E-state index in [9.17, 15) is 8.78 Å². The Kier molecular flexibility index (Phi) is 5.50. The van der Waals surface area contributed by atoms with Crippen molar-refractivity contribution in [2.45, 2.75) is 58.3 Å². The summed E-state index contributed by atoms with van der Waals surface area (Å²) in [5.41, 5.74) is 1.07. The lowest BCUT2D eigenvalue weighted by molar-refractivity contribution is 0.510. The van der Waals surface area contributed by atoms with Gasteiger partial charge in [0.2, 0.25) is 0 Å². The monoisotopic (exact) mass is 280 g/mol. The predicted molar refractivity (Wildman–Crippen MR) is 77.7 cm³/mol. The van der Waals surface area contributed by atoms with E-state index in [0.717, 1.165) is 24.7 Å². The van der Waals surface area contributed by atoms with Crippen LogP contribution >= 0.6 is 0 Å². The molecule has 0 saturated carbocycles. The molecule has 1 N–H and O–H groups in total. The van der Waals surface area contributed by atoms with E-state index in [4.69, 9.17) is 0 Å². The summed E-state index contributed by atoms with van der Waals surface area (Å²) < 4.78 is 26.2. The van der Waals surface area contributed by atoms with Gasteiger partial charge in [0.15, 0.2) is 11.6 Å². The second-order valence-corrected chi connectivity index (χ2v) is 5.34. The molecule has 0 spiro atoms. The fourth-order valence-electron chi connectivity index (χ4n) is 2.43. The van der Waals surface area contributed by atoms with Crippen LogP contribution in [0.4, 0.5) is 8.78 Å². The number of nitrogens with one attached hydrogen (secondary N) is 1. The van der Waals surface area contributed by atoms with Gasteiger partial charge in [0, 0.05) is 18.6 Å². The van der Waals surface area contributed by atoms with Crippen LogP contribution < -0.4 is 0 Å². The summed E-state index contributed by atoms with van der Waals surface area (Å²) in [6, 6.07) is 2.32. The molecule has 20 heavy (non-hydrogen) atoms. The van der Waals surface area contributed by atoms with E-state index >= 15 is 0 Å². The Balaban J connectivity index is 1.79. The molecular weight excluding hydrogens is 258 g/mol. The summed E-state index contributed by atoms with van der Waals surface area (Å²) in [6.07, 6.45) is 9.55. The lowest BCUT2D eigenvalue weighted by atomic mass is 10.1. The first-order chi connectivity index (χ1) is 9.70. The van der Waals surface area contributed by atoms with Gasteiger partial charge >= 0.3 is 0 Å². The lowest BCUT2D eigenvalue weighted by Crippen LogP contribution is -1.88. The van der Waals surface area contributed by atoms with E-state index in [-0.39, 0.29) is 0 Å². The summed E-state index contributed by atoms with van der Waals surface area (Å²) in [4.78, 5) is 7.36. The molecule has 2 rings (SSSR count). The van der Waals surface area contributed by atoms with Crippen molar-refractivity contribution in [3.63, 3.8) is 0 Å². The molecule has 1 aromatic heterocycles. The Hall–Kier alpha value is -1.45. The molecule has 110 valence electrons. The van der Waals surface area contributed by atoms with Crippen LogP contribution in [-0.4, -0.2) is 9.97 Å². The van der Waals surface area contributed by atoms with Crippen LogP contribution in [0.1, 0.15) is 57.7 Å². The molecular formula is C16H22F2N2. The summed E-state index contributed by atoms with van der Waals surface area (Å²) in [7, 11) is 0. The number of nitrogens with zero attached hydrogens (tertiary/aromatic N) is 1. The standard InChI is InChI=1S/C16H22F2N2/c1-2-3-4-5-6-7-8-9-16-19-14-10-12(17)13(18)11-15(14)20-16/h10-11H,2-9H2,1H3,(H,19,20). The summed E-state index contributed by atoms with van der Waals surface area (Å²) in [5.74, 6) is -0.853. The first-order valence-electron chi connectivity index (χ1n) is 7.54. The first kappa shape index (κ1) is 14.9. The molecule has 2 nitrogen and oxygen atoms in total. The average Bonchev–Trinajstić information content (AvgIpc) is 2.80. The van der Waals surface area contributed by atoms with Crippen LogP contribution in [0.3, 0.4) is 0 Å². The van der Waals surface area contributed by atoms with E-state index in [2.05, 4.69) is 16.9 Å². The number of aromatic nitrogens is 2. The SMILES string of the molecule is CCCCCCCCCc1nc2cc(F)c(F)cc2[nH]1. The maximum atomic E-state index is 13.1. The molecule has 2 aromatic rings. The summed E-state index contributed by atoms with van der Waals surface area (Å²) in [6.45, 7) is 2.22. The number of benzene rings is 1. The van der Waals surface area contributed by atoms with Crippen molar-refractivity contribution in [2.24, 2.45) is 0 Å². The number of rotatable bonds is 8. The quantitative estimate of drug-likeness (QED) is 0.667. The van der Waals surface area contributed by atoms with Crippen molar-refractivity contribution in [3.05, 3.63) is 29.6 Å². The van der Waals surface area contributed by atoms with E-state index in [0.29, 0.717) is 11.0 Å². The number of fused-ring (bicyclic) bond motifs is 1. The van der Waals surface area contributed by atoms with Gasteiger partial charge in [-0.25, -0.2) is 13.8 Å². The van der Waals surface area contributed by atoms with Gasteiger partial charge in [0.1, 0.15) is 5.82 Å². The van der Waals surface area contributed by atoms with Crippen molar-refractivity contribution in [1.29, 1.82) is 0 Å². The Morgan fingerprint density at radius 3 is 2.35 bits per heavy atom. The molecule has 0 aliphatic rings. The third-order valence-electron chi connectivity index (χ3n) is 3.59. The number of unbranched alkanes of at least 4 members (excludes halogenated alkanes) is 6. The highest BCUT2D eigenvalue weighted by Crippen LogP contribution is 2.17. The maximum Gasteiger partial charge on any atom is 0.161 e. The topological polar surface area (TPSA) is 28.7 Å². The molecule has 0 bridgehead atoms. The van der Waals surface area contributed by atoms with Crippen molar-refractivity contribution in [1.82, 2.24) is 9.97 Å². The Morgan fingerprint density at radius 2 is 1.60 bits per heavy atom. The number of hydrogen-bond acceptors (Lipinski definition) is 1. The molecule has 0 atom stereocenters. The van der Waals surface area contributed by atoms with Crippen LogP contribution in [0, 0.1) is 11.6 Å². The highest BCUT2D eigenvalue weighted by Gasteiger charge is 2.08. The largest absolute Gasteiger partial charge is 0.342 e. The molecule has 0 saturated heterocycles. The summed E-state index contributed by atoms with van der Waals surface area (Å²) >= 11 is 0. The van der Waals surface area contributed by atoms with E-state index in [1.165, 1.54) is 44.6 Å². The number of H-pyrrole nitrogens is 1. The second-order valence-electron chi connectivity index (χ2n) is 5.34. The molecule has 0 unspecified atom stereocenters. The molecule has 0 amide bonds. The molecule has 4 heteroatoms. The third-order valence-corrected chi connectivity index (χ3v) is 3.59. The van der Waals surface area contributed by atoms with Crippen LogP contribution in [-0.2, 0) is 6.42 Å². The Morgan fingerprint density at radius 1 is 0.950 bits per heavy atom. The zero-order valence-corrected chi connectivity index (χ0v) is 12.0. The first-order valence-corrected chi connectivity index (χ1v) is 7.54. The second kappa shape index (κ2) is 7.36. The molecule has 1 heterocycles.